The molecule has 1 atom stereocenters. The van der Waals surface area contributed by atoms with E-state index in [2.05, 4.69) is 38.0 Å². The van der Waals surface area contributed by atoms with Crippen LogP contribution in [0.4, 0.5) is 0 Å². The highest BCUT2D eigenvalue weighted by Gasteiger charge is 2.24. The Morgan fingerprint density at radius 1 is 1.17 bits per heavy atom. The van der Waals surface area contributed by atoms with E-state index in [0.29, 0.717) is 13.1 Å². The van der Waals surface area contributed by atoms with Gasteiger partial charge in [-0.15, -0.1) is 24.0 Å². The van der Waals surface area contributed by atoms with Crippen molar-refractivity contribution in [1.29, 1.82) is 0 Å². The second-order valence-electron chi connectivity index (χ2n) is 7.36. The van der Waals surface area contributed by atoms with Crippen LogP contribution < -0.4 is 20.7 Å². The number of benzene rings is 1. The van der Waals surface area contributed by atoms with Crippen LogP contribution in [-0.4, -0.2) is 63.6 Å². The molecule has 1 unspecified atom stereocenters. The molecule has 0 spiro atoms. The summed E-state index contributed by atoms with van der Waals surface area (Å²) in [7, 11) is 3.46. The van der Waals surface area contributed by atoms with Crippen molar-refractivity contribution in [3.8, 4) is 5.75 Å². The average Bonchev–Trinajstić information content (AvgIpc) is 3.24. The third-order valence-electron chi connectivity index (χ3n) is 4.99. The van der Waals surface area contributed by atoms with Crippen LogP contribution in [0, 0.1) is 5.92 Å². The maximum absolute atomic E-state index is 11.6. The van der Waals surface area contributed by atoms with Crippen LogP contribution in [-0.2, 0) is 4.79 Å². The minimum atomic E-state index is 0. The highest BCUT2D eigenvalue weighted by molar-refractivity contribution is 14.0. The number of nitrogens with one attached hydrogen (secondary N) is 3. The molecule has 1 aliphatic heterocycles. The highest BCUT2D eigenvalue weighted by atomic mass is 127. The van der Waals surface area contributed by atoms with Gasteiger partial charge in [-0.25, -0.2) is 0 Å². The Bertz CT molecular complexity index is 648. The smallest absolute Gasteiger partial charge is 0.222 e. The zero-order valence-corrected chi connectivity index (χ0v) is 20.4. The number of nitrogens with zero attached hydrogens (tertiary/aromatic N) is 2. The van der Waals surface area contributed by atoms with E-state index in [1.165, 1.54) is 18.4 Å². The lowest BCUT2D eigenvalue weighted by molar-refractivity contribution is -0.123. The number of aliphatic imine (C=N–C) groups is 1. The standard InChI is InChI=1S/C21H35N5O2.HI/c1-16(2)20(27)23-10-11-24-21(22-3)25-15-19(26-12-5-6-13-26)17-8-7-9-18(14-17)28-4;/h7-9,14,16,19H,5-6,10-13,15H2,1-4H3,(H,23,27)(H2,22,24,25);1H. The summed E-state index contributed by atoms with van der Waals surface area (Å²) in [6.07, 6.45) is 2.48. The van der Waals surface area contributed by atoms with E-state index in [0.717, 1.165) is 31.3 Å². The first-order chi connectivity index (χ1) is 13.5. The predicted molar refractivity (Wildman–Crippen MR) is 129 cm³/mol. The van der Waals surface area contributed by atoms with Gasteiger partial charge in [-0.05, 0) is 43.6 Å². The average molecular weight is 517 g/mol. The van der Waals surface area contributed by atoms with E-state index in [4.69, 9.17) is 4.74 Å². The Kier molecular flexibility index (Phi) is 12.0. The summed E-state index contributed by atoms with van der Waals surface area (Å²) in [4.78, 5) is 18.4. The maximum Gasteiger partial charge on any atom is 0.222 e. The van der Waals surface area contributed by atoms with E-state index in [1.807, 2.05) is 26.0 Å². The van der Waals surface area contributed by atoms with Gasteiger partial charge in [0.05, 0.1) is 13.2 Å². The van der Waals surface area contributed by atoms with E-state index in [-0.39, 0.29) is 41.8 Å². The molecule has 2 rings (SSSR count). The molecule has 0 aliphatic carbocycles. The lowest BCUT2D eigenvalue weighted by Crippen LogP contribution is -2.45. The number of carbonyl (C=O) groups is 1. The molecule has 0 saturated carbocycles. The molecule has 8 heteroatoms. The molecular formula is C21H36IN5O2. The second-order valence-corrected chi connectivity index (χ2v) is 7.36. The van der Waals surface area contributed by atoms with Crippen LogP contribution in [0.5, 0.6) is 5.75 Å². The maximum atomic E-state index is 11.6. The number of ether oxygens (including phenoxy) is 1. The van der Waals surface area contributed by atoms with Crippen molar-refractivity contribution < 1.29 is 9.53 Å². The molecule has 1 aliphatic rings. The fraction of sp³-hybridized carbons (Fsp3) is 0.619. The second kappa shape index (κ2) is 13.6. The summed E-state index contributed by atoms with van der Waals surface area (Å²) >= 11 is 0. The fourth-order valence-electron chi connectivity index (χ4n) is 3.34. The SMILES string of the molecule is CN=C(NCCNC(=O)C(C)C)NCC(c1cccc(OC)c1)N1CCCC1.I. The lowest BCUT2D eigenvalue weighted by Gasteiger charge is -2.29. The van der Waals surface area contributed by atoms with Gasteiger partial charge >= 0.3 is 0 Å². The van der Waals surface area contributed by atoms with Crippen molar-refractivity contribution >= 4 is 35.8 Å². The molecule has 164 valence electrons. The first kappa shape index (κ1) is 25.5. The van der Waals surface area contributed by atoms with Gasteiger partial charge in [0.1, 0.15) is 5.75 Å². The molecule has 29 heavy (non-hydrogen) atoms. The molecular weight excluding hydrogens is 481 g/mol. The summed E-state index contributed by atoms with van der Waals surface area (Å²) in [5.41, 5.74) is 1.24. The van der Waals surface area contributed by atoms with E-state index >= 15 is 0 Å². The van der Waals surface area contributed by atoms with Gasteiger partial charge < -0.3 is 20.7 Å². The van der Waals surface area contributed by atoms with Gasteiger partial charge in [-0.3, -0.25) is 14.7 Å². The number of carbonyl (C=O) groups excluding carboxylic acids is 1. The van der Waals surface area contributed by atoms with Crippen molar-refractivity contribution in [3.63, 3.8) is 0 Å². The normalized spacial score (nSPS) is 15.6. The number of hydrogen-bond donors (Lipinski definition) is 3. The molecule has 1 aromatic carbocycles. The molecule has 3 N–H and O–H groups in total. The number of amides is 1. The largest absolute Gasteiger partial charge is 0.497 e. The quantitative estimate of drug-likeness (QED) is 0.203. The van der Waals surface area contributed by atoms with E-state index in [9.17, 15) is 4.79 Å². The van der Waals surface area contributed by atoms with Crippen molar-refractivity contribution in [3.05, 3.63) is 29.8 Å². The molecule has 0 radical (unpaired) electrons. The van der Waals surface area contributed by atoms with Crippen LogP contribution >= 0.6 is 24.0 Å². The minimum absolute atomic E-state index is 0. The van der Waals surface area contributed by atoms with Crippen LogP contribution in [0.2, 0.25) is 0 Å². The van der Waals surface area contributed by atoms with Crippen molar-refractivity contribution in [2.24, 2.45) is 10.9 Å². The van der Waals surface area contributed by atoms with Crippen molar-refractivity contribution in [2.45, 2.75) is 32.7 Å². The van der Waals surface area contributed by atoms with Gasteiger partial charge in [-0.2, -0.15) is 0 Å². The monoisotopic (exact) mass is 517 g/mol. The van der Waals surface area contributed by atoms with Gasteiger partial charge in [0.15, 0.2) is 5.96 Å². The zero-order valence-electron chi connectivity index (χ0n) is 18.0. The molecule has 1 amide bonds. The summed E-state index contributed by atoms with van der Waals surface area (Å²) in [6.45, 7) is 7.95. The van der Waals surface area contributed by atoms with Crippen LogP contribution in [0.1, 0.15) is 38.3 Å². The van der Waals surface area contributed by atoms with Crippen LogP contribution in [0.3, 0.4) is 0 Å². The molecule has 1 saturated heterocycles. The molecule has 1 fully saturated rings. The van der Waals surface area contributed by atoms with Crippen LogP contribution in [0.15, 0.2) is 29.3 Å². The lowest BCUT2D eigenvalue weighted by atomic mass is 10.1. The Labute approximate surface area is 192 Å². The Morgan fingerprint density at radius 3 is 2.48 bits per heavy atom. The Balaban J connectivity index is 0.00000420. The van der Waals surface area contributed by atoms with Gasteiger partial charge in [-0.1, -0.05) is 26.0 Å². The fourth-order valence-corrected chi connectivity index (χ4v) is 3.34. The number of rotatable bonds is 9. The zero-order chi connectivity index (χ0) is 20.4. The molecule has 1 aromatic rings. The van der Waals surface area contributed by atoms with Gasteiger partial charge in [0, 0.05) is 32.6 Å². The summed E-state index contributed by atoms with van der Waals surface area (Å²) in [5.74, 6) is 1.69. The summed E-state index contributed by atoms with van der Waals surface area (Å²) in [6, 6.07) is 8.55. The Morgan fingerprint density at radius 2 is 1.86 bits per heavy atom. The van der Waals surface area contributed by atoms with Gasteiger partial charge in [0.2, 0.25) is 5.91 Å². The predicted octanol–water partition coefficient (Wildman–Crippen LogP) is 2.39. The molecule has 0 bridgehead atoms. The first-order valence-corrected chi connectivity index (χ1v) is 10.2. The third kappa shape index (κ3) is 8.38. The first-order valence-electron chi connectivity index (χ1n) is 10.2. The number of hydrogen-bond acceptors (Lipinski definition) is 4. The topological polar surface area (TPSA) is 78.0 Å². The highest BCUT2D eigenvalue weighted by Crippen LogP contribution is 2.27. The number of methoxy groups -OCH3 is 1. The third-order valence-corrected chi connectivity index (χ3v) is 4.99. The van der Waals surface area contributed by atoms with Crippen LogP contribution in [0.25, 0.3) is 0 Å². The number of halogens is 1. The molecule has 1 heterocycles. The molecule has 7 nitrogen and oxygen atoms in total. The molecule has 0 aromatic heterocycles. The van der Waals surface area contributed by atoms with E-state index < -0.39 is 0 Å². The van der Waals surface area contributed by atoms with E-state index in [1.54, 1.807) is 14.2 Å². The van der Waals surface area contributed by atoms with Crippen molar-refractivity contribution in [2.75, 3.05) is 46.9 Å². The number of likely N-dealkylation sites (tertiary alicyclic amines) is 1. The van der Waals surface area contributed by atoms with Gasteiger partial charge in [0.25, 0.3) is 0 Å². The van der Waals surface area contributed by atoms with Crippen molar-refractivity contribution in [1.82, 2.24) is 20.9 Å². The number of guanidine groups is 1. The summed E-state index contributed by atoms with van der Waals surface area (Å²) < 4.78 is 5.41. The summed E-state index contributed by atoms with van der Waals surface area (Å²) in [5, 5.41) is 9.60. The minimum Gasteiger partial charge on any atom is -0.497 e. The Hall–Kier alpha value is -1.55.